The van der Waals surface area contributed by atoms with E-state index in [1.54, 1.807) is 6.20 Å². The molecule has 0 bridgehead atoms. The van der Waals surface area contributed by atoms with Gasteiger partial charge in [-0.25, -0.2) is 0 Å². The van der Waals surface area contributed by atoms with Crippen LogP contribution in [0.5, 0.6) is 0 Å². The SMILES string of the molecule is CCOC(CCn1[nH]ccc1=O)OCC. The van der Waals surface area contributed by atoms with Crippen LogP contribution in [0, 0.1) is 0 Å². The molecule has 0 aliphatic carbocycles. The van der Waals surface area contributed by atoms with Crippen LogP contribution in [0.1, 0.15) is 20.3 Å². The van der Waals surface area contributed by atoms with Gasteiger partial charge >= 0.3 is 0 Å². The first-order valence-electron chi connectivity index (χ1n) is 5.25. The van der Waals surface area contributed by atoms with E-state index in [0.717, 1.165) is 0 Å². The Hall–Kier alpha value is -1.07. The van der Waals surface area contributed by atoms with Gasteiger partial charge in [-0.3, -0.25) is 9.48 Å². The topological polar surface area (TPSA) is 56.2 Å². The summed E-state index contributed by atoms with van der Waals surface area (Å²) in [6, 6.07) is 1.50. The van der Waals surface area contributed by atoms with Crippen molar-refractivity contribution in [3.8, 4) is 0 Å². The largest absolute Gasteiger partial charge is 0.353 e. The van der Waals surface area contributed by atoms with Gasteiger partial charge in [0.05, 0.1) is 0 Å². The highest BCUT2D eigenvalue weighted by molar-refractivity contribution is 4.79. The van der Waals surface area contributed by atoms with Gasteiger partial charge in [-0.05, 0) is 13.8 Å². The van der Waals surface area contributed by atoms with E-state index in [1.807, 2.05) is 13.8 Å². The highest BCUT2D eigenvalue weighted by atomic mass is 16.7. The van der Waals surface area contributed by atoms with Gasteiger partial charge in [0.2, 0.25) is 0 Å². The Balaban J connectivity index is 2.39. The van der Waals surface area contributed by atoms with Crippen molar-refractivity contribution in [1.82, 2.24) is 9.78 Å². The number of aromatic nitrogens is 2. The molecule has 0 spiro atoms. The molecule has 1 heterocycles. The monoisotopic (exact) mass is 214 g/mol. The number of aryl methyl sites for hydroxylation is 1. The van der Waals surface area contributed by atoms with Crippen molar-refractivity contribution in [2.24, 2.45) is 0 Å². The summed E-state index contributed by atoms with van der Waals surface area (Å²) in [4.78, 5) is 11.2. The molecule has 15 heavy (non-hydrogen) atoms. The zero-order chi connectivity index (χ0) is 11.1. The molecule has 1 rings (SSSR count). The van der Waals surface area contributed by atoms with Crippen molar-refractivity contribution in [2.75, 3.05) is 13.2 Å². The van der Waals surface area contributed by atoms with Crippen LogP contribution in [0.2, 0.25) is 0 Å². The smallest absolute Gasteiger partial charge is 0.266 e. The Morgan fingerprint density at radius 3 is 2.53 bits per heavy atom. The molecule has 0 unspecified atom stereocenters. The fraction of sp³-hybridized carbons (Fsp3) is 0.700. The predicted octanol–water partition coefficient (Wildman–Crippen LogP) is 0.966. The second-order valence-corrected chi connectivity index (χ2v) is 3.08. The molecule has 1 N–H and O–H groups in total. The van der Waals surface area contributed by atoms with E-state index < -0.39 is 0 Å². The fourth-order valence-corrected chi connectivity index (χ4v) is 1.35. The third-order valence-electron chi connectivity index (χ3n) is 2.02. The molecule has 0 saturated heterocycles. The third kappa shape index (κ3) is 3.89. The van der Waals surface area contributed by atoms with Gasteiger partial charge in [0.15, 0.2) is 6.29 Å². The first kappa shape index (κ1) is 12.0. The highest BCUT2D eigenvalue weighted by Crippen LogP contribution is 2.01. The van der Waals surface area contributed by atoms with Crippen molar-refractivity contribution in [1.29, 1.82) is 0 Å². The average Bonchev–Trinajstić information content (AvgIpc) is 2.61. The second kappa shape index (κ2) is 6.42. The molecule has 1 aromatic rings. The Labute approximate surface area is 89.0 Å². The molecule has 0 fully saturated rings. The van der Waals surface area contributed by atoms with Crippen molar-refractivity contribution in [3.05, 3.63) is 22.6 Å². The van der Waals surface area contributed by atoms with Crippen LogP contribution in [0.4, 0.5) is 0 Å². The number of ether oxygens (including phenoxy) is 2. The first-order valence-corrected chi connectivity index (χ1v) is 5.25. The minimum absolute atomic E-state index is 0.0262. The summed E-state index contributed by atoms with van der Waals surface area (Å²) >= 11 is 0. The zero-order valence-corrected chi connectivity index (χ0v) is 9.23. The van der Waals surface area contributed by atoms with E-state index in [0.29, 0.717) is 26.2 Å². The van der Waals surface area contributed by atoms with E-state index in [-0.39, 0.29) is 11.8 Å². The van der Waals surface area contributed by atoms with E-state index in [4.69, 9.17) is 9.47 Å². The zero-order valence-electron chi connectivity index (χ0n) is 9.23. The van der Waals surface area contributed by atoms with Crippen molar-refractivity contribution in [3.63, 3.8) is 0 Å². The van der Waals surface area contributed by atoms with Crippen molar-refractivity contribution in [2.45, 2.75) is 33.1 Å². The minimum Gasteiger partial charge on any atom is -0.353 e. The Kier molecular flexibility index (Phi) is 5.14. The molecule has 0 aromatic carbocycles. The molecule has 0 aliphatic rings. The molecule has 1 aromatic heterocycles. The standard InChI is InChI=1S/C10H18N2O3/c1-3-14-10(15-4-2)6-8-12-9(13)5-7-11-12/h5,7,10-11H,3-4,6,8H2,1-2H3. The maximum atomic E-state index is 11.2. The summed E-state index contributed by atoms with van der Waals surface area (Å²) in [5.74, 6) is 0. The van der Waals surface area contributed by atoms with Gasteiger partial charge in [0.1, 0.15) is 0 Å². The molecule has 5 heteroatoms. The minimum atomic E-state index is -0.227. The number of rotatable bonds is 7. The Morgan fingerprint density at radius 2 is 2.07 bits per heavy atom. The molecular formula is C10H18N2O3. The summed E-state index contributed by atoms with van der Waals surface area (Å²) < 4.78 is 12.3. The maximum Gasteiger partial charge on any atom is 0.266 e. The predicted molar refractivity (Wildman–Crippen MR) is 56.7 cm³/mol. The second-order valence-electron chi connectivity index (χ2n) is 3.08. The number of nitrogens with zero attached hydrogens (tertiary/aromatic N) is 1. The van der Waals surface area contributed by atoms with Gasteiger partial charge in [-0.15, -0.1) is 0 Å². The van der Waals surface area contributed by atoms with Crippen LogP contribution in [0.25, 0.3) is 0 Å². The molecule has 0 radical (unpaired) electrons. The van der Waals surface area contributed by atoms with E-state index in [2.05, 4.69) is 5.10 Å². The lowest BCUT2D eigenvalue weighted by Crippen LogP contribution is -2.23. The molecule has 0 amide bonds. The first-order chi connectivity index (χ1) is 7.27. The van der Waals surface area contributed by atoms with Crippen LogP contribution < -0.4 is 5.56 Å². The molecule has 86 valence electrons. The highest BCUT2D eigenvalue weighted by Gasteiger charge is 2.08. The van der Waals surface area contributed by atoms with Crippen LogP contribution in [0.15, 0.2) is 17.1 Å². The normalized spacial score (nSPS) is 11.1. The van der Waals surface area contributed by atoms with Gasteiger partial charge in [-0.2, -0.15) is 0 Å². The third-order valence-corrected chi connectivity index (χ3v) is 2.02. The Bertz CT molecular complexity index is 312. The van der Waals surface area contributed by atoms with Gasteiger partial charge in [0.25, 0.3) is 5.56 Å². The number of aromatic amines is 1. The lowest BCUT2D eigenvalue weighted by Gasteiger charge is -2.16. The molecule has 5 nitrogen and oxygen atoms in total. The average molecular weight is 214 g/mol. The lowest BCUT2D eigenvalue weighted by molar-refractivity contribution is -0.141. The number of H-pyrrole nitrogens is 1. The molecule has 0 atom stereocenters. The molecule has 0 aliphatic heterocycles. The van der Waals surface area contributed by atoms with E-state index >= 15 is 0 Å². The summed E-state index contributed by atoms with van der Waals surface area (Å²) in [6.07, 6.45) is 2.07. The van der Waals surface area contributed by atoms with Gasteiger partial charge in [-0.1, -0.05) is 0 Å². The number of hydrogen-bond donors (Lipinski definition) is 1. The van der Waals surface area contributed by atoms with E-state index in [1.165, 1.54) is 10.7 Å². The van der Waals surface area contributed by atoms with Gasteiger partial charge < -0.3 is 14.6 Å². The summed E-state index contributed by atoms with van der Waals surface area (Å²) in [5, 5.41) is 2.84. The lowest BCUT2D eigenvalue weighted by atomic mass is 10.4. The number of nitrogens with one attached hydrogen (secondary N) is 1. The van der Waals surface area contributed by atoms with E-state index in [9.17, 15) is 4.79 Å². The quantitative estimate of drug-likeness (QED) is 0.688. The van der Waals surface area contributed by atoms with Gasteiger partial charge in [0, 0.05) is 38.4 Å². The van der Waals surface area contributed by atoms with Crippen LogP contribution in [0.3, 0.4) is 0 Å². The molecular weight excluding hydrogens is 196 g/mol. The van der Waals surface area contributed by atoms with Crippen LogP contribution >= 0.6 is 0 Å². The molecule has 0 saturated carbocycles. The van der Waals surface area contributed by atoms with Crippen LogP contribution in [-0.4, -0.2) is 29.3 Å². The fourth-order valence-electron chi connectivity index (χ4n) is 1.35. The van der Waals surface area contributed by atoms with Crippen molar-refractivity contribution < 1.29 is 9.47 Å². The summed E-state index contributed by atoms with van der Waals surface area (Å²) in [6.45, 7) is 5.66. The van der Waals surface area contributed by atoms with Crippen LogP contribution in [-0.2, 0) is 16.0 Å². The number of hydrogen-bond acceptors (Lipinski definition) is 3. The maximum absolute atomic E-state index is 11.2. The summed E-state index contributed by atoms with van der Waals surface area (Å²) in [5.41, 5.74) is -0.0262. The van der Waals surface area contributed by atoms with Crippen molar-refractivity contribution >= 4 is 0 Å². The Morgan fingerprint density at radius 1 is 1.40 bits per heavy atom. The summed E-state index contributed by atoms with van der Waals surface area (Å²) in [7, 11) is 0.